The van der Waals surface area contributed by atoms with Gasteiger partial charge in [-0.25, -0.2) is 4.39 Å². The molecule has 0 N–H and O–H groups in total. The minimum atomic E-state index is -0.230. The summed E-state index contributed by atoms with van der Waals surface area (Å²) in [6.07, 6.45) is 3.36. The highest BCUT2D eigenvalue weighted by Gasteiger charge is 2.15. The molecule has 1 aliphatic heterocycles. The zero-order valence-electron chi connectivity index (χ0n) is 13.5. The molecule has 0 bridgehead atoms. The zero-order valence-corrected chi connectivity index (χ0v) is 15.0. The monoisotopic (exact) mass is 378 g/mol. The van der Waals surface area contributed by atoms with Crippen molar-refractivity contribution in [1.82, 2.24) is 4.90 Å². The van der Waals surface area contributed by atoms with E-state index in [0.717, 1.165) is 31.9 Å². The minimum Gasteiger partial charge on any atom is -0.374 e. The lowest BCUT2D eigenvalue weighted by Crippen LogP contribution is -2.44. The smallest absolute Gasteiger partial charge is 0.187 e. The molecule has 0 radical (unpaired) electrons. The van der Waals surface area contributed by atoms with Crippen LogP contribution in [0.25, 0.3) is 0 Å². The Bertz CT molecular complexity index is 785. The summed E-state index contributed by atoms with van der Waals surface area (Å²) < 4.78 is 13.0. The standard InChI is InChI=1S/C19H17Cl2FN2O/c20-17-6-1-14(13-18(17)21)19(25)7-8-23-9-11-24(12-10-23)16-4-2-15(22)3-5-16/h1-8,13H,9-12H2. The van der Waals surface area contributed by atoms with Crippen LogP contribution in [0.5, 0.6) is 0 Å². The molecule has 0 amide bonds. The number of carbonyl (C=O) groups is 1. The Morgan fingerprint density at radius 3 is 2.28 bits per heavy atom. The van der Waals surface area contributed by atoms with Gasteiger partial charge in [0, 0.05) is 49.7 Å². The molecule has 0 saturated carbocycles. The van der Waals surface area contributed by atoms with E-state index in [9.17, 15) is 9.18 Å². The fourth-order valence-electron chi connectivity index (χ4n) is 2.70. The number of anilines is 1. The van der Waals surface area contributed by atoms with Gasteiger partial charge in [0.05, 0.1) is 10.0 Å². The summed E-state index contributed by atoms with van der Waals surface area (Å²) in [7, 11) is 0. The first-order valence-electron chi connectivity index (χ1n) is 7.95. The van der Waals surface area contributed by atoms with Crippen molar-refractivity contribution in [2.75, 3.05) is 31.1 Å². The van der Waals surface area contributed by atoms with Gasteiger partial charge in [0.1, 0.15) is 5.82 Å². The quantitative estimate of drug-likeness (QED) is 0.571. The Morgan fingerprint density at radius 2 is 1.64 bits per heavy atom. The van der Waals surface area contributed by atoms with Crippen molar-refractivity contribution < 1.29 is 9.18 Å². The number of rotatable bonds is 4. The summed E-state index contributed by atoms with van der Waals surface area (Å²) >= 11 is 11.8. The molecule has 1 aliphatic rings. The van der Waals surface area contributed by atoms with E-state index in [1.54, 1.807) is 36.4 Å². The number of allylic oxidation sites excluding steroid dienone is 1. The fraction of sp³-hybridized carbons (Fsp3) is 0.211. The van der Waals surface area contributed by atoms with Crippen molar-refractivity contribution in [3.8, 4) is 0 Å². The van der Waals surface area contributed by atoms with Crippen LogP contribution in [0.2, 0.25) is 10.0 Å². The van der Waals surface area contributed by atoms with Crippen molar-refractivity contribution in [3.05, 3.63) is 76.2 Å². The highest BCUT2D eigenvalue weighted by Crippen LogP contribution is 2.23. The highest BCUT2D eigenvalue weighted by molar-refractivity contribution is 6.42. The molecular weight excluding hydrogens is 362 g/mol. The van der Waals surface area contributed by atoms with Gasteiger partial charge in [-0.05, 0) is 42.5 Å². The summed E-state index contributed by atoms with van der Waals surface area (Å²) in [6, 6.07) is 11.4. The van der Waals surface area contributed by atoms with Gasteiger partial charge in [0.2, 0.25) is 0 Å². The molecule has 1 heterocycles. The molecule has 2 aromatic rings. The van der Waals surface area contributed by atoms with E-state index in [-0.39, 0.29) is 11.6 Å². The topological polar surface area (TPSA) is 23.6 Å². The van der Waals surface area contributed by atoms with E-state index in [0.29, 0.717) is 15.6 Å². The number of hydrogen-bond donors (Lipinski definition) is 0. The van der Waals surface area contributed by atoms with Gasteiger partial charge in [-0.1, -0.05) is 23.2 Å². The third-order valence-electron chi connectivity index (χ3n) is 4.15. The molecule has 3 nitrogen and oxygen atoms in total. The zero-order chi connectivity index (χ0) is 17.8. The number of nitrogens with zero attached hydrogens (tertiary/aromatic N) is 2. The van der Waals surface area contributed by atoms with Gasteiger partial charge in [0.15, 0.2) is 5.78 Å². The molecule has 130 valence electrons. The van der Waals surface area contributed by atoms with E-state index < -0.39 is 0 Å². The molecule has 1 fully saturated rings. The van der Waals surface area contributed by atoms with Crippen LogP contribution in [0, 0.1) is 5.82 Å². The lowest BCUT2D eigenvalue weighted by molar-refractivity contribution is 0.104. The van der Waals surface area contributed by atoms with Crippen LogP contribution < -0.4 is 4.90 Å². The largest absolute Gasteiger partial charge is 0.374 e. The molecule has 6 heteroatoms. The summed E-state index contributed by atoms with van der Waals surface area (Å²) in [5.74, 6) is -0.342. The minimum absolute atomic E-state index is 0.112. The first kappa shape index (κ1) is 17.8. The second kappa shape index (κ2) is 7.89. The maximum absolute atomic E-state index is 13.0. The lowest BCUT2D eigenvalue weighted by Gasteiger charge is -2.35. The van der Waals surface area contributed by atoms with Gasteiger partial charge in [-0.15, -0.1) is 0 Å². The van der Waals surface area contributed by atoms with Gasteiger partial charge in [-0.2, -0.15) is 0 Å². The summed E-state index contributed by atoms with van der Waals surface area (Å²) in [5.41, 5.74) is 1.52. The Hall–Kier alpha value is -2.04. The molecule has 0 atom stereocenters. The summed E-state index contributed by atoms with van der Waals surface area (Å²) in [5, 5.41) is 0.799. The van der Waals surface area contributed by atoms with Crippen molar-refractivity contribution in [2.24, 2.45) is 0 Å². The van der Waals surface area contributed by atoms with Crippen molar-refractivity contribution in [2.45, 2.75) is 0 Å². The number of benzene rings is 2. The molecular formula is C19H17Cl2FN2O. The van der Waals surface area contributed by atoms with E-state index >= 15 is 0 Å². The van der Waals surface area contributed by atoms with Crippen LogP contribution in [0.4, 0.5) is 10.1 Å². The summed E-state index contributed by atoms with van der Waals surface area (Å²) in [4.78, 5) is 16.5. The van der Waals surface area contributed by atoms with E-state index in [4.69, 9.17) is 23.2 Å². The van der Waals surface area contributed by atoms with Crippen LogP contribution in [0.3, 0.4) is 0 Å². The molecule has 2 aromatic carbocycles. The fourth-order valence-corrected chi connectivity index (χ4v) is 3.00. The Labute approximate surface area is 156 Å². The van der Waals surface area contributed by atoms with Gasteiger partial charge < -0.3 is 9.80 Å². The molecule has 25 heavy (non-hydrogen) atoms. The Balaban J connectivity index is 1.56. The Kier molecular flexibility index (Phi) is 5.61. The molecule has 0 unspecified atom stereocenters. The Morgan fingerprint density at radius 1 is 0.960 bits per heavy atom. The van der Waals surface area contributed by atoms with Crippen LogP contribution in [0.15, 0.2) is 54.7 Å². The number of ketones is 1. The van der Waals surface area contributed by atoms with Gasteiger partial charge in [0.25, 0.3) is 0 Å². The summed E-state index contributed by atoms with van der Waals surface area (Å²) in [6.45, 7) is 3.22. The van der Waals surface area contributed by atoms with E-state index in [1.807, 2.05) is 6.20 Å². The average molecular weight is 379 g/mol. The van der Waals surface area contributed by atoms with Crippen LogP contribution in [-0.4, -0.2) is 36.9 Å². The maximum Gasteiger partial charge on any atom is 0.187 e. The predicted molar refractivity (Wildman–Crippen MR) is 100 cm³/mol. The second-order valence-electron chi connectivity index (χ2n) is 5.81. The normalized spacial score (nSPS) is 15.0. The van der Waals surface area contributed by atoms with Gasteiger partial charge >= 0.3 is 0 Å². The number of halogens is 3. The first-order chi connectivity index (χ1) is 12.0. The van der Waals surface area contributed by atoms with Gasteiger partial charge in [-0.3, -0.25) is 4.79 Å². The van der Waals surface area contributed by atoms with Crippen molar-refractivity contribution >= 4 is 34.7 Å². The maximum atomic E-state index is 13.0. The highest BCUT2D eigenvalue weighted by atomic mass is 35.5. The van der Waals surface area contributed by atoms with Crippen LogP contribution in [0.1, 0.15) is 10.4 Å². The van der Waals surface area contributed by atoms with Crippen LogP contribution >= 0.6 is 23.2 Å². The third kappa shape index (κ3) is 4.53. The van der Waals surface area contributed by atoms with Crippen LogP contribution in [-0.2, 0) is 0 Å². The number of carbonyl (C=O) groups excluding carboxylic acids is 1. The molecule has 1 saturated heterocycles. The SMILES string of the molecule is O=C(C=CN1CCN(c2ccc(F)cc2)CC1)c1ccc(Cl)c(Cl)c1. The molecule has 0 aromatic heterocycles. The third-order valence-corrected chi connectivity index (χ3v) is 4.89. The van der Waals surface area contributed by atoms with E-state index in [2.05, 4.69) is 9.80 Å². The first-order valence-corrected chi connectivity index (χ1v) is 8.71. The van der Waals surface area contributed by atoms with Crippen molar-refractivity contribution in [1.29, 1.82) is 0 Å². The lowest BCUT2D eigenvalue weighted by atomic mass is 10.1. The predicted octanol–water partition coefficient (Wildman–Crippen LogP) is 4.65. The molecule has 0 spiro atoms. The van der Waals surface area contributed by atoms with E-state index in [1.165, 1.54) is 12.1 Å². The number of piperazine rings is 1. The second-order valence-corrected chi connectivity index (χ2v) is 6.62. The molecule has 3 rings (SSSR count). The number of hydrogen-bond acceptors (Lipinski definition) is 3. The van der Waals surface area contributed by atoms with Crippen molar-refractivity contribution in [3.63, 3.8) is 0 Å². The molecule has 0 aliphatic carbocycles. The average Bonchev–Trinajstić information content (AvgIpc) is 2.63.